The Morgan fingerprint density at radius 3 is 2.79 bits per heavy atom. The Kier molecular flexibility index (Phi) is 5.81. The molecule has 0 aliphatic carbocycles. The molecule has 2 aliphatic rings. The largest absolute Gasteiger partial charge is 0.497 e. The Morgan fingerprint density at radius 1 is 1.18 bits per heavy atom. The number of carbonyl (C=O) groups excluding carboxylic acids is 1. The molecule has 170 valence electrons. The van der Waals surface area contributed by atoms with Crippen LogP contribution in [0.2, 0.25) is 0 Å². The van der Waals surface area contributed by atoms with Crippen molar-refractivity contribution >= 4 is 17.4 Å². The van der Waals surface area contributed by atoms with Crippen molar-refractivity contribution in [3.05, 3.63) is 78.0 Å². The van der Waals surface area contributed by atoms with Crippen LogP contribution in [0.15, 0.2) is 61.1 Å². The van der Waals surface area contributed by atoms with Gasteiger partial charge in [0.15, 0.2) is 0 Å². The number of aromatic nitrogens is 2. The maximum Gasteiger partial charge on any atom is 0.225 e. The zero-order chi connectivity index (χ0) is 22.8. The van der Waals surface area contributed by atoms with Crippen LogP contribution in [-0.4, -0.2) is 48.7 Å². The van der Waals surface area contributed by atoms with Gasteiger partial charge in [-0.3, -0.25) is 9.78 Å². The lowest BCUT2D eigenvalue weighted by atomic mass is 9.83. The Labute approximate surface area is 192 Å². The van der Waals surface area contributed by atoms with E-state index in [1.807, 2.05) is 6.07 Å². The lowest BCUT2D eigenvalue weighted by molar-refractivity contribution is -0.126. The van der Waals surface area contributed by atoms with Crippen LogP contribution in [0.4, 0.5) is 15.9 Å². The Bertz CT molecular complexity index is 1130. The van der Waals surface area contributed by atoms with Gasteiger partial charge in [-0.2, -0.15) is 0 Å². The summed E-state index contributed by atoms with van der Waals surface area (Å²) in [6.45, 7) is 2.59. The van der Waals surface area contributed by atoms with E-state index >= 15 is 0 Å². The summed E-state index contributed by atoms with van der Waals surface area (Å²) in [6, 6.07) is 12.3. The molecule has 33 heavy (non-hydrogen) atoms. The third-order valence-corrected chi connectivity index (χ3v) is 6.52. The van der Waals surface area contributed by atoms with E-state index < -0.39 is 0 Å². The molecule has 2 unspecified atom stereocenters. The first kappa shape index (κ1) is 21.2. The fourth-order valence-corrected chi connectivity index (χ4v) is 4.79. The molecule has 1 N–H and O–H groups in total. The molecule has 2 aliphatic heterocycles. The van der Waals surface area contributed by atoms with E-state index in [1.54, 1.807) is 37.8 Å². The highest BCUT2D eigenvalue weighted by molar-refractivity contribution is 5.82. The summed E-state index contributed by atoms with van der Waals surface area (Å²) in [7, 11) is 1.67. The van der Waals surface area contributed by atoms with Gasteiger partial charge in [-0.25, -0.2) is 9.37 Å². The van der Waals surface area contributed by atoms with Gasteiger partial charge in [0.1, 0.15) is 17.4 Å². The van der Waals surface area contributed by atoms with Crippen LogP contribution in [0, 0.1) is 11.7 Å². The van der Waals surface area contributed by atoms with E-state index in [0.717, 1.165) is 41.5 Å². The highest BCUT2D eigenvalue weighted by Crippen LogP contribution is 2.38. The van der Waals surface area contributed by atoms with Crippen LogP contribution in [0.25, 0.3) is 0 Å². The number of nitrogens with zero attached hydrogens (tertiary/aromatic N) is 4. The van der Waals surface area contributed by atoms with E-state index in [4.69, 9.17) is 4.74 Å². The van der Waals surface area contributed by atoms with Gasteiger partial charge in [-0.05, 0) is 35.7 Å². The number of piperazine rings is 1. The molecule has 0 saturated carbocycles. The van der Waals surface area contributed by atoms with E-state index in [0.29, 0.717) is 19.5 Å². The second-order valence-electron chi connectivity index (χ2n) is 8.42. The zero-order valence-electron chi connectivity index (χ0n) is 18.4. The van der Waals surface area contributed by atoms with Gasteiger partial charge in [-0.1, -0.05) is 18.2 Å². The lowest BCUT2D eigenvalue weighted by Gasteiger charge is -2.49. The standard InChI is InChI=1S/C25H26FN5O2/c1-33-20-7-4-18-12-21(25(32)29-14-17-2-5-19(26)6-3-17)23-16-30(24-15-27-8-9-28-24)10-11-31(23)22(18)13-20/h2-9,13,15,21,23H,10-12,14,16H2,1H3,(H,29,32). The fraction of sp³-hybridized carbons (Fsp3) is 0.320. The summed E-state index contributed by atoms with van der Waals surface area (Å²) in [5.41, 5.74) is 3.13. The van der Waals surface area contributed by atoms with Gasteiger partial charge in [0.25, 0.3) is 0 Å². The molecule has 7 nitrogen and oxygen atoms in total. The first-order chi connectivity index (χ1) is 16.1. The van der Waals surface area contributed by atoms with Crippen molar-refractivity contribution in [2.75, 3.05) is 36.5 Å². The predicted octanol–water partition coefficient (Wildman–Crippen LogP) is 2.81. The van der Waals surface area contributed by atoms with Crippen molar-refractivity contribution in [3.8, 4) is 5.75 Å². The summed E-state index contributed by atoms with van der Waals surface area (Å²) in [4.78, 5) is 26.6. The molecule has 1 amide bonds. The quantitative estimate of drug-likeness (QED) is 0.649. The number of anilines is 2. The summed E-state index contributed by atoms with van der Waals surface area (Å²) in [5.74, 6) is 1.11. The van der Waals surface area contributed by atoms with Crippen molar-refractivity contribution in [1.82, 2.24) is 15.3 Å². The maximum absolute atomic E-state index is 13.4. The normalized spacial score (nSPS) is 19.5. The van der Waals surface area contributed by atoms with Crippen LogP contribution in [-0.2, 0) is 17.8 Å². The summed E-state index contributed by atoms with van der Waals surface area (Å²) < 4.78 is 18.7. The number of fused-ring (bicyclic) bond motifs is 3. The van der Waals surface area contributed by atoms with Crippen LogP contribution in [0.3, 0.4) is 0 Å². The van der Waals surface area contributed by atoms with Gasteiger partial charge in [-0.15, -0.1) is 0 Å². The molecule has 0 bridgehead atoms. The second-order valence-corrected chi connectivity index (χ2v) is 8.42. The number of rotatable bonds is 5. The summed E-state index contributed by atoms with van der Waals surface area (Å²) in [6.07, 6.45) is 5.76. The molecular weight excluding hydrogens is 421 g/mol. The minimum Gasteiger partial charge on any atom is -0.497 e. The minimum atomic E-state index is -0.286. The molecule has 8 heteroatoms. The monoisotopic (exact) mass is 447 g/mol. The summed E-state index contributed by atoms with van der Waals surface area (Å²) in [5, 5.41) is 3.07. The van der Waals surface area contributed by atoms with Crippen LogP contribution < -0.4 is 19.9 Å². The molecule has 1 fully saturated rings. The number of hydrogen-bond donors (Lipinski definition) is 1. The average molecular weight is 448 g/mol. The minimum absolute atomic E-state index is 0.00297. The zero-order valence-corrected chi connectivity index (χ0v) is 18.4. The molecule has 1 saturated heterocycles. The third-order valence-electron chi connectivity index (χ3n) is 6.52. The molecule has 2 aromatic carbocycles. The number of halogens is 1. The highest BCUT2D eigenvalue weighted by atomic mass is 19.1. The van der Waals surface area contributed by atoms with E-state index in [1.165, 1.54) is 12.1 Å². The molecule has 2 atom stereocenters. The number of hydrogen-bond acceptors (Lipinski definition) is 6. The Morgan fingerprint density at radius 2 is 2.03 bits per heavy atom. The summed E-state index contributed by atoms with van der Waals surface area (Å²) >= 11 is 0. The van der Waals surface area contributed by atoms with Crippen LogP contribution >= 0.6 is 0 Å². The first-order valence-corrected chi connectivity index (χ1v) is 11.1. The predicted molar refractivity (Wildman–Crippen MR) is 124 cm³/mol. The SMILES string of the molecule is COc1ccc2c(c1)N1CCN(c3cnccn3)CC1C(C(=O)NCc1ccc(F)cc1)C2. The van der Waals surface area contributed by atoms with Crippen molar-refractivity contribution in [2.45, 2.75) is 19.0 Å². The van der Waals surface area contributed by atoms with Crippen molar-refractivity contribution in [1.29, 1.82) is 0 Å². The lowest BCUT2D eigenvalue weighted by Crippen LogP contribution is -2.61. The van der Waals surface area contributed by atoms with Gasteiger partial charge >= 0.3 is 0 Å². The highest BCUT2D eigenvalue weighted by Gasteiger charge is 2.42. The number of methoxy groups -OCH3 is 1. The number of ether oxygens (including phenoxy) is 1. The molecule has 5 rings (SSSR count). The number of amides is 1. The van der Waals surface area contributed by atoms with Crippen molar-refractivity contribution in [3.63, 3.8) is 0 Å². The Hall–Kier alpha value is -3.68. The van der Waals surface area contributed by atoms with E-state index in [2.05, 4.69) is 37.2 Å². The third kappa shape index (κ3) is 4.33. The molecule has 1 aromatic heterocycles. The fourth-order valence-electron chi connectivity index (χ4n) is 4.79. The topological polar surface area (TPSA) is 70.6 Å². The molecule has 0 spiro atoms. The van der Waals surface area contributed by atoms with Gasteiger partial charge in [0.05, 0.1) is 25.3 Å². The van der Waals surface area contributed by atoms with Crippen molar-refractivity contribution < 1.29 is 13.9 Å². The van der Waals surface area contributed by atoms with E-state index in [9.17, 15) is 9.18 Å². The molecular formula is C25H26FN5O2. The van der Waals surface area contributed by atoms with Gasteiger partial charge in [0.2, 0.25) is 5.91 Å². The second kappa shape index (κ2) is 9.05. The molecule has 3 aromatic rings. The number of benzene rings is 2. The molecule has 3 heterocycles. The average Bonchev–Trinajstić information content (AvgIpc) is 2.87. The van der Waals surface area contributed by atoms with E-state index in [-0.39, 0.29) is 23.7 Å². The van der Waals surface area contributed by atoms with Gasteiger partial charge in [0, 0.05) is 50.3 Å². The van der Waals surface area contributed by atoms with Crippen molar-refractivity contribution in [2.24, 2.45) is 5.92 Å². The maximum atomic E-state index is 13.4. The smallest absolute Gasteiger partial charge is 0.225 e. The number of nitrogens with one attached hydrogen (secondary N) is 1. The first-order valence-electron chi connectivity index (χ1n) is 11.1. The Balaban J connectivity index is 1.41. The van der Waals surface area contributed by atoms with Crippen LogP contribution in [0.1, 0.15) is 11.1 Å². The van der Waals surface area contributed by atoms with Gasteiger partial charge < -0.3 is 19.9 Å². The molecule has 0 radical (unpaired) electrons. The van der Waals surface area contributed by atoms with Crippen LogP contribution in [0.5, 0.6) is 5.75 Å². The number of carbonyl (C=O) groups is 1.